The number of carboxylic acid groups (broad SMARTS) is 1. The standard InChI is InChI=1S/C31H26N6O7S/c1-17-14-20(4-11-26(17)33-32-22-6-13-28(38)25(16-22)31(40)41)21-5-12-27(18(2)15-21)34-35-29-19(3)36-37(30(29)39)23-7-9-24(10-8-23)45(42,43)44/h4-16,29,38H,1-3H3,(H,40,41)(H,42,43,44)/p-1. The predicted molar refractivity (Wildman–Crippen MR) is 164 cm³/mol. The number of hydrazone groups is 1. The van der Waals surface area contributed by atoms with Crippen LogP contribution in [-0.2, 0) is 14.9 Å². The molecule has 0 aliphatic carbocycles. The minimum absolute atomic E-state index is 0.263. The molecule has 1 amide bonds. The summed E-state index contributed by atoms with van der Waals surface area (Å²) in [5.41, 5.74) is 5.33. The van der Waals surface area contributed by atoms with Crippen LogP contribution in [0.2, 0.25) is 0 Å². The fourth-order valence-corrected chi connectivity index (χ4v) is 4.98. The van der Waals surface area contributed by atoms with Gasteiger partial charge in [0.2, 0.25) is 0 Å². The molecule has 45 heavy (non-hydrogen) atoms. The van der Waals surface area contributed by atoms with Crippen molar-refractivity contribution in [3.05, 3.63) is 95.6 Å². The van der Waals surface area contributed by atoms with Crippen LogP contribution in [0.1, 0.15) is 28.4 Å². The van der Waals surface area contributed by atoms with Gasteiger partial charge in [-0.1, -0.05) is 12.1 Å². The van der Waals surface area contributed by atoms with Gasteiger partial charge in [-0.2, -0.15) is 30.6 Å². The fourth-order valence-electron chi connectivity index (χ4n) is 4.51. The molecule has 4 aromatic carbocycles. The Kier molecular flexibility index (Phi) is 8.35. The molecule has 13 nitrogen and oxygen atoms in total. The van der Waals surface area contributed by atoms with Crippen LogP contribution in [-0.4, -0.2) is 46.8 Å². The smallest absolute Gasteiger partial charge is 0.339 e. The van der Waals surface area contributed by atoms with Gasteiger partial charge >= 0.3 is 5.97 Å². The zero-order valence-corrected chi connectivity index (χ0v) is 24.9. The summed E-state index contributed by atoms with van der Waals surface area (Å²) < 4.78 is 33.6. The largest absolute Gasteiger partial charge is 0.744 e. The molecule has 1 aliphatic heterocycles. The average Bonchev–Trinajstić information content (AvgIpc) is 3.28. The molecule has 1 unspecified atom stereocenters. The van der Waals surface area contributed by atoms with E-state index in [4.69, 9.17) is 0 Å². The number of aromatic carboxylic acids is 1. The van der Waals surface area contributed by atoms with E-state index in [-0.39, 0.29) is 17.0 Å². The predicted octanol–water partition coefficient (Wildman–Crippen LogP) is 6.57. The number of carbonyl (C=O) groups is 2. The van der Waals surface area contributed by atoms with Crippen molar-refractivity contribution in [3.63, 3.8) is 0 Å². The molecule has 0 bridgehead atoms. The number of aryl methyl sites for hydroxylation is 2. The number of benzene rings is 4. The first kappa shape index (κ1) is 30.8. The second-order valence-corrected chi connectivity index (χ2v) is 11.5. The van der Waals surface area contributed by atoms with E-state index >= 15 is 0 Å². The molecule has 5 rings (SSSR count). The number of carboxylic acids is 1. The van der Waals surface area contributed by atoms with Crippen molar-refractivity contribution in [2.75, 3.05) is 5.01 Å². The van der Waals surface area contributed by atoms with Crippen LogP contribution in [0.5, 0.6) is 5.75 Å². The van der Waals surface area contributed by atoms with Gasteiger partial charge in [0.05, 0.1) is 33.4 Å². The Labute approximate surface area is 257 Å². The lowest BCUT2D eigenvalue weighted by Crippen LogP contribution is -2.29. The maximum absolute atomic E-state index is 13.0. The molecule has 2 N–H and O–H groups in total. The Balaban J connectivity index is 1.29. The first-order valence-electron chi connectivity index (χ1n) is 13.4. The van der Waals surface area contributed by atoms with Gasteiger partial charge in [0, 0.05) is 0 Å². The first-order chi connectivity index (χ1) is 21.3. The molecule has 0 fully saturated rings. The number of azo groups is 2. The van der Waals surface area contributed by atoms with Crippen molar-refractivity contribution in [1.29, 1.82) is 0 Å². The number of nitrogens with zero attached hydrogens (tertiary/aromatic N) is 6. The summed E-state index contributed by atoms with van der Waals surface area (Å²) in [5, 5.41) is 41.1. The molecule has 1 atom stereocenters. The van der Waals surface area contributed by atoms with Crippen LogP contribution in [0.3, 0.4) is 0 Å². The van der Waals surface area contributed by atoms with E-state index in [0.717, 1.165) is 39.4 Å². The van der Waals surface area contributed by atoms with Gasteiger partial charge in [0.25, 0.3) is 5.91 Å². The van der Waals surface area contributed by atoms with Crippen molar-refractivity contribution < 1.29 is 32.8 Å². The van der Waals surface area contributed by atoms with Gasteiger partial charge in [0.15, 0.2) is 6.04 Å². The van der Waals surface area contributed by atoms with Gasteiger partial charge in [-0.05, 0) is 110 Å². The Morgan fingerprint density at radius 3 is 2.00 bits per heavy atom. The van der Waals surface area contributed by atoms with Crippen LogP contribution < -0.4 is 5.01 Å². The Bertz CT molecular complexity index is 2040. The van der Waals surface area contributed by atoms with Crippen molar-refractivity contribution >= 4 is 50.5 Å². The van der Waals surface area contributed by atoms with Gasteiger partial charge < -0.3 is 14.8 Å². The minimum atomic E-state index is -4.62. The maximum Gasteiger partial charge on any atom is 0.339 e. The summed E-state index contributed by atoms with van der Waals surface area (Å²) in [6, 6.07) is 19.1. The highest BCUT2D eigenvalue weighted by Gasteiger charge is 2.34. The number of hydrogen-bond donors (Lipinski definition) is 2. The highest BCUT2D eigenvalue weighted by molar-refractivity contribution is 7.85. The molecule has 14 heteroatoms. The Hall–Kier alpha value is -5.60. The lowest BCUT2D eigenvalue weighted by molar-refractivity contribution is -0.117. The summed E-state index contributed by atoms with van der Waals surface area (Å²) in [5.74, 6) is -2.09. The molecule has 0 aromatic heterocycles. The van der Waals surface area contributed by atoms with Crippen LogP contribution in [0, 0.1) is 13.8 Å². The topological polar surface area (TPSA) is 197 Å². The molecule has 0 saturated heterocycles. The number of aromatic hydroxyl groups is 1. The molecule has 1 aliphatic rings. The van der Waals surface area contributed by atoms with Crippen molar-refractivity contribution in [2.45, 2.75) is 31.7 Å². The van der Waals surface area contributed by atoms with Crippen molar-refractivity contribution in [1.82, 2.24) is 0 Å². The summed E-state index contributed by atoms with van der Waals surface area (Å²) >= 11 is 0. The number of amides is 1. The van der Waals surface area contributed by atoms with E-state index in [2.05, 4.69) is 25.6 Å². The number of hydrogen-bond acceptors (Lipinski definition) is 11. The van der Waals surface area contributed by atoms with E-state index in [1.807, 2.05) is 38.1 Å². The second kappa shape index (κ2) is 12.2. The molecular formula is C31H25N6O7S-. The maximum atomic E-state index is 13.0. The lowest BCUT2D eigenvalue weighted by Gasteiger charge is -2.14. The normalized spacial score (nSPS) is 15.3. The van der Waals surface area contributed by atoms with Crippen LogP contribution in [0.15, 0.2) is 109 Å². The third-order valence-electron chi connectivity index (χ3n) is 6.96. The molecule has 0 spiro atoms. The molecule has 0 radical (unpaired) electrons. The van der Waals surface area contributed by atoms with E-state index in [1.165, 1.54) is 30.3 Å². The van der Waals surface area contributed by atoms with Crippen LogP contribution in [0.4, 0.5) is 22.7 Å². The van der Waals surface area contributed by atoms with Crippen LogP contribution in [0.25, 0.3) is 11.1 Å². The zero-order chi connectivity index (χ0) is 32.5. The Morgan fingerprint density at radius 2 is 1.44 bits per heavy atom. The third kappa shape index (κ3) is 6.66. The third-order valence-corrected chi connectivity index (χ3v) is 7.81. The number of phenols is 1. The first-order valence-corrected chi connectivity index (χ1v) is 14.8. The van der Waals surface area contributed by atoms with Gasteiger partial charge in [0.1, 0.15) is 21.4 Å². The van der Waals surface area contributed by atoms with E-state index < -0.39 is 32.9 Å². The molecule has 4 aromatic rings. The summed E-state index contributed by atoms with van der Waals surface area (Å²) in [6.07, 6.45) is 0. The number of rotatable bonds is 8. The number of carbonyl (C=O) groups excluding carboxylic acids is 1. The van der Waals surface area contributed by atoms with Crippen molar-refractivity contribution in [2.24, 2.45) is 25.6 Å². The average molecular weight is 626 g/mol. The van der Waals surface area contributed by atoms with Gasteiger partial charge in [-0.25, -0.2) is 13.2 Å². The SMILES string of the molecule is CC1=NN(c2ccc(S(=O)(=O)[O-])cc2)C(=O)C1N=Nc1ccc(-c2ccc(N=Nc3ccc(O)c(C(=O)O)c3)c(C)c2)cc1C. The van der Waals surface area contributed by atoms with E-state index in [9.17, 15) is 32.8 Å². The quantitative estimate of drug-likeness (QED) is 0.163. The highest BCUT2D eigenvalue weighted by Crippen LogP contribution is 2.32. The van der Waals surface area contributed by atoms with Gasteiger partial charge in [-0.3, -0.25) is 4.79 Å². The zero-order valence-electron chi connectivity index (χ0n) is 24.1. The monoisotopic (exact) mass is 625 g/mol. The van der Waals surface area contributed by atoms with Crippen molar-refractivity contribution in [3.8, 4) is 16.9 Å². The fraction of sp³-hybridized carbons (Fsp3) is 0.129. The van der Waals surface area contributed by atoms with E-state index in [1.54, 1.807) is 19.1 Å². The summed E-state index contributed by atoms with van der Waals surface area (Å²) in [7, 11) is -4.62. The second-order valence-electron chi connectivity index (χ2n) is 10.2. The Morgan fingerprint density at radius 1 is 0.844 bits per heavy atom. The summed E-state index contributed by atoms with van der Waals surface area (Å²) in [4.78, 5) is 23.9. The minimum Gasteiger partial charge on any atom is -0.744 e. The van der Waals surface area contributed by atoms with Crippen LogP contribution >= 0.6 is 0 Å². The highest BCUT2D eigenvalue weighted by atomic mass is 32.2. The molecular weight excluding hydrogens is 600 g/mol. The van der Waals surface area contributed by atoms with Gasteiger partial charge in [-0.15, -0.1) is 0 Å². The molecule has 1 heterocycles. The van der Waals surface area contributed by atoms with E-state index in [0.29, 0.717) is 22.8 Å². The molecule has 228 valence electrons. The lowest BCUT2D eigenvalue weighted by atomic mass is 10.0. The number of anilines is 1. The molecule has 0 saturated carbocycles. The summed E-state index contributed by atoms with van der Waals surface area (Å²) in [6.45, 7) is 5.38.